The summed E-state index contributed by atoms with van der Waals surface area (Å²) < 4.78 is 10.8. The van der Waals surface area contributed by atoms with E-state index in [0.29, 0.717) is 0 Å². The van der Waals surface area contributed by atoms with Gasteiger partial charge >= 0.3 is 0 Å². The van der Waals surface area contributed by atoms with Crippen LogP contribution in [0.4, 0.5) is 5.69 Å². The van der Waals surface area contributed by atoms with Crippen LogP contribution in [0.5, 0.6) is 5.75 Å². The van der Waals surface area contributed by atoms with Gasteiger partial charge in [0.25, 0.3) is 0 Å². The van der Waals surface area contributed by atoms with Crippen LogP contribution in [0, 0.1) is 0 Å². The lowest BCUT2D eigenvalue weighted by molar-refractivity contribution is 0.122. The molecule has 0 bridgehead atoms. The summed E-state index contributed by atoms with van der Waals surface area (Å²) in [6.45, 7) is 5.25. The summed E-state index contributed by atoms with van der Waals surface area (Å²) in [6, 6.07) is 16.9. The van der Waals surface area contributed by atoms with Gasteiger partial charge in [-0.1, -0.05) is 30.3 Å². The molecule has 4 nitrogen and oxygen atoms in total. The van der Waals surface area contributed by atoms with Crippen LogP contribution in [0.25, 0.3) is 0 Å². The fourth-order valence-electron chi connectivity index (χ4n) is 2.84. The van der Waals surface area contributed by atoms with Crippen molar-refractivity contribution in [1.29, 1.82) is 0 Å². The maximum absolute atomic E-state index is 5.40. The molecule has 1 saturated heterocycles. The maximum Gasteiger partial charge on any atom is 0.123 e. The summed E-state index contributed by atoms with van der Waals surface area (Å²) in [5.74, 6) is 0.933. The van der Waals surface area contributed by atoms with Gasteiger partial charge in [0.05, 0.1) is 20.3 Å². The molecule has 1 aliphatic heterocycles. The first kappa shape index (κ1) is 15.8. The zero-order valence-electron chi connectivity index (χ0n) is 13.6. The number of benzene rings is 2. The fraction of sp³-hybridized carbons (Fsp3) is 0.368. The van der Waals surface area contributed by atoms with Gasteiger partial charge in [0, 0.05) is 37.4 Å². The third-order valence-corrected chi connectivity index (χ3v) is 4.15. The molecule has 23 heavy (non-hydrogen) atoms. The Labute approximate surface area is 138 Å². The Morgan fingerprint density at radius 2 is 1.74 bits per heavy atom. The molecule has 0 spiro atoms. The lowest BCUT2D eigenvalue weighted by Crippen LogP contribution is -2.36. The van der Waals surface area contributed by atoms with E-state index in [0.717, 1.165) is 45.1 Å². The molecule has 1 N–H and O–H groups in total. The van der Waals surface area contributed by atoms with Crippen LogP contribution < -0.4 is 15.0 Å². The molecule has 0 saturated carbocycles. The molecule has 3 rings (SSSR count). The van der Waals surface area contributed by atoms with Crippen LogP contribution in [0.1, 0.15) is 11.1 Å². The fourth-order valence-corrected chi connectivity index (χ4v) is 2.84. The summed E-state index contributed by atoms with van der Waals surface area (Å²) in [5.41, 5.74) is 3.75. The zero-order valence-corrected chi connectivity index (χ0v) is 13.6. The van der Waals surface area contributed by atoms with Crippen molar-refractivity contribution in [3.63, 3.8) is 0 Å². The molecule has 2 aromatic carbocycles. The predicted octanol–water partition coefficient (Wildman–Crippen LogP) is 2.82. The molecule has 0 unspecified atom stereocenters. The number of hydrogen-bond acceptors (Lipinski definition) is 4. The first-order valence-electron chi connectivity index (χ1n) is 8.11. The highest BCUT2D eigenvalue weighted by Gasteiger charge is 2.10. The number of methoxy groups -OCH3 is 1. The van der Waals surface area contributed by atoms with E-state index in [2.05, 4.69) is 40.5 Å². The number of nitrogens with zero attached hydrogens (tertiary/aromatic N) is 1. The first-order valence-corrected chi connectivity index (χ1v) is 8.11. The van der Waals surface area contributed by atoms with Crippen molar-refractivity contribution in [2.75, 3.05) is 38.3 Å². The monoisotopic (exact) mass is 312 g/mol. The van der Waals surface area contributed by atoms with E-state index in [1.54, 1.807) is 7.11 Å². The van der Waals surface area contributed by atoms with Gasteiger partial charge in [-0.25, -0.2) is 0 Å². The molecule has 0 aliphatic carbocycles. The molecule has 0 aromatic heterocycles. The van der Waals surface area contributed by atoms with Crippen molar-refractivity contribution in [3.05, 3.63) is 59.7 Å². The third kappa shape index (κ3) is 4.24. The minimum atomic E-state index is 0.801. The summed E-state index contributed by atoms with van der Waals surface area (Å²) in [5, 5.41) is 3.48. The number of morpholine rings is 1. The van der Waals surface area contributed by atoms with Crippen molar-refractivity contribution < 1.29 is 9.47 Å². The quantitative estimate of drug-likeness (QED) is 0.889. The van der Waals surface area contributed by atoms with Gasteiger partial charge in [0.1, 0.15) is 5.75 Å². The van der Waals surface area contributed by atoms with E-state index in [1.807, 2.05) is 18.2 Å². The number of nitrogens with one attached hydrogen (secondary N) is 1. The van der Waals surface area contributed by atoms with Gasteiger partial charge in [-0.3, -0.25) is 0 Å². The molecule has 1 fully saturated rings. The largest absolute Gasteiger partial charge is 0.496 e. The molecule has 2 aromatic rings. The summed E-state index contributed by atoms with van der Waals surface area (Å²) >= 11 is 0. The number of anilines is 1. The first-order chi connectivity index (χ1) is 11.4. The van der Waals surface area contributed by atoms with Crippen molar-refractivity contribution in [3.8, 4) is 5.75 Å². The Balaban J connectivity index is 1.52. The second-order valence-corrected chi connectivity index (χ2v) is 5.68. The standard InChI is InChI=1S/C19H24N2O2/c1-22-19-5-3-2-4-17(19)15-20-14-16-6-8-18(9-7-16)21-10-12-23-13-11-21/h2-9,20H,10-15H2,1H3. The number of para-hydroxylation sites is 1. The lowest BCUT2D eigenvalue weighted by Gasteiger charge is -2.28. The third-order valence-electron chi connectivity index (χ3n) is 4.15. The Hall–Kier alpha value is -2.04. The molecule has 1 heterocycles. The number of rotatable bonds is 6. The Kier molecular flexibility index (Phi) is 5.51. The minimum Gasteiger partial charge on any atom is -0.496 e. The van der Waals surface area contributed by atoms with Gasteiger partial charge in [-0.05, 0) is 23.8 Å². The van der Waals surface area contributed by atoms with Crippen LogP contribution in [-0.4, -0.2) is 33.4 Å². The van der Waals surface area contributed by atoms with Crippen LogP contribution in [0.2, 0.25) is 0 Å². The van der Waals surface area contributed by atoms with E-state index >= 15 is 0 Å². The highest BCUT2D eigenvalue weighted by Crippen LogP contribution is 2.18. The molecule has 1 aliphatic rings. The van der Waals surface area contributed by atoms with Crippen LogP contribution in [-0.2, 0) is 17.8 Å². The van der Waals surface area contributed by atoms with Crippen molar-refractivity contribution >= 4 is 5.69 Å². The van der Waals surface area contributed by atoms with E-state index < -0.39 is 0 Å². The van der Waals surface area contributed by atoms with Gasteiger partial charge in [0.2, 0.25) is 0 Å². The molecule has 0 radical (unpaired) electrons. The van der Waals surface area contributed by atoms with Gasteiger partial charge in [-0.15, -0.1) is 0 Å². The van der Waals surface area contributed by atoms with Crippen molar-refractivity contribution in [1.82, 2.24) is 5.32 Å². The summed E-state index contributed by atoms with van der Waals surface area (Å²) in [7, 11) is 1.71. The SMILES string of the molecule is COc1ccccc1CNCc1ccc(N2CCOCC2)cc1. The second kappa shape index (κ2) is 7.99. The normalized spacial score (nSPS) is 14.7. The average Bonchev–Trinajstić information content (AvgIpc) is 2.63. The second-order valence-electron chi connectivity index (χ2n) is 5.68. The summed E-state index contributed by atoms with van der Waals surface area (Å²) in [6.07, 6.45) is 0. The highest BCUT2D eigenvalue weighted by atomic mass is 16.5. The van der Waals surface area contributed by atoms with Crippen molar-refractivity contribution in [2.24, 2.45) is 0 Å². The molecular formula is C19H24N2O2. The van der Waals surface area contributed by atoms with Gasteiger partial charge in [0.15, 0.2) is 0 Å². The number of hydrogen-bond donors (Lipinski definition) is 1. The van der Waals surface area contributed by atoms with E-state index in [-0.39, 0.29) is 0 Å². The van der Waals surface area contributed by atoms with E-state index in [1.165, 1.54) is 16.8 Å². The molecule has 0 amide bonds. The van der Waals surface area contributed by atoms with Crippen LogP contribution in [0.3, 0.4) is 0 Å². The molecule has 122 valence electrons. The Morgan fingerprint density at radius 1 is 1.00 bits per heavy atom. The van der Waals surface area contributed by atoms with Crippen LogP contribution in [0.15, 0.2) is 48.5 Å². The lowest BCUT2D eigenvalue weighted by atomic mass is 10.1. The highest BCUT2D eigenvalue weighted by molar-refractivity contribution is 5.47. The van der Waals surface area contributed by atoms with Gasteiger partial charge in [-0.2, -0.15) is 0 Å². The van der Waals surface area contributed by atoms with Crippen molar-refractivity contribution in [2.45, 2.75) is 13.1 Å². The van der Waals surface area contributed by atoms with E-state index in [9.17, 15) is 0 Å². The smallest absolute Gasteiger partial charge is 0.123 e. The Bertz CT molecular complexity index is 607. The molecular weight excluding hydrogens is 288 g/mol. The summed E-state index contributed by atoms with van der Waals surface area (Å²) in [4.78, 5) is 2.37. The maximum atomic E-state index is 5.40. The zero-order chi connectivity index (χ0) is 15.9. The average molecular weight is 312 g/mol. The van der Waals surface area contributed by atoms with Gasteiger partial charge < -0.3 is 19.7 Å². The van der Waals surface area contributed by atoms with E-state index in [4.69, 9.17) is 9.47 Å². The Morgan fingerprint density at radius 3 is 2.48 bits per heavy atom. The van der Waals surface area contributed by atoms with Crippen LogP contribution >= 0.6 is 0 Å². The topological polar surface area (TPSA) is 33.7 Å². The predicted molar refractivity (Wildman–Crippen MR) is 93.0 cm³/mol. The molecule has 0 atom stereocenters. The minimum absolute atomic E-state index is 0.801. The number of ether oxygens (including phenoxy) is 2. The molecule has 4 heteroatoms.